The van der Waals surface area contributed by atoms with E-state index < -0.39 is 41.3 Å². The number of esters is 1. The number of hydrogen-bond donors (Lipinski definition) is 3. The normalized spacial score (nSPS) is 39.9. The van der Waals surface area contributed by atoms with Crippen LogP contribution in [0.2, 0.25) is 0 Å². The lowest BCUT2D eigenvalue weighted by Gasteiger charge is -2.50. The van der Waals surface area contributed by atoms with E-state index in [1.54, 1.807) is 0 Å². The molecule has 0 aromatic rings. The van der Waals surface area contributed by atoms with Crippen molar-refractivity contribution in [1.82, 2.24) is 0 Å². The summed E-state index contributed by atoms with van der Waals surface area (Å²) in [6.07, 6.45) is -2.68. The van der Waals surface area contributed by atoms with Gasteiger partial charge in [-0.3, -0.25) is 0 Å². The zero-order valence-corrected chi connectivity index (χ0v) is 14.8. The zero-order chi connectivity index (χ0) is 20.8. The van der Waals surface area contributed by atoms with Gasteiger partial charge in [0.2, 0.25) is 0 Å². The molecule has 2 rings (SSSR count). The second kappa shape index (κ2) is 9.11. The molecule has 0 aromatic carbocycles. The van der Waals surface area contributed by atoms with E-state index in [0.29, 0.717) is 6.42 Å². The van der Waals surface area contributed by atoms with Crippen molar-refractivity contribution in [2.24, 2.45) is 0 Å². The van der Waals surface area contributed by atoms with Gasteiger partial charge in [0.05, 0.1) is 7.11 Å². The number of aliphatic hydroxyl groups is 3. The summed E-state index contributed by atoms with van der Waals surface area (Å²) in [6, 6.07) is 0. The monoisotopic (exact) mass is 378 g/mol. The third-order valence-corrected chi connectivity index (χ3v) is 4.55. The summed E-state index contributed by atoms with van der Waals surface area (Å²) in [6.45, 7) is 4.64. The molecule has 2 aliphatic rings. The Bertz CT molecular complexity index is 550. The maximum absolute atomic E-state index is 11.9. The molecule has 2 fully saturated rings. The van der Waals surface area contributed by atoms with Crippen molar-refractivity contribution in [2.45, 2.75) is 68.9 Å². The van der Waals surface area contributed by atoms with Gasteiger partial charge in [-0.2, -0.15) is 19.2 Å². The largest absolute Gasteiger partial charge is 0.467 e. The van der Waals surface area contributed by atoms with Gasteiger partial charge in [0.1, 0.15) is 23.4 Å². The average Bonchev–Trinajstić information content (AvgIpc) is 2.74. The maximum Gasteiger partial charge on any atom is 0.373 e. The highest BCUT2D eigenvalue weighted by molar-refractivity contribution is 5.77. The van der Waals surface area contributed by atoms with Gasteiger partial charge >= 0.3 is 18.3 Å². The Morgan fingerprint density at radius 2 is 1.58 bits per heavy atom. The number of fused-ring (bicyclic) bond motifs is 2. The maximum atomic E-state index is 11.9. The highest BCUT2D eigenvalue weighted by Gasteiger charge is 2.74. The van der Waals surface area contributed by atoms with Crippen LogP contribution >= 0.6 is 0 Å². The summed E-state index contributed by atoms with van der Waals surface area (Å²) in [5, 5.41) is 31.1. The molecule has 0 amide bonds. The Balaban J connectivity index is 0.000000918. The van der Waals surface area contributed by atoms with Crippen molar-refractivity contribution >= 4 is 18.3 Å². The van der Waals surface area contributed by atoms with E-state index in [1.807, 2.05) is 6.92 Å². The van der Waals surface area contributed by atoms with Crippen molar-refractivity contribution in [3.8, 4) is 0 Å². The predicted molar refractivity (Wildman–Crippen MR) is 76.7 cm³/mol. The molecule has 0 saturated carbocycles. The Hall–Kier alpha value is -1.97. The fourth-order valence-corrected chi connectivity index (χ4v) is 3.08. The topological polar surface area (TPSA) is 174 Å². The van der Waals surface area contributed by atoms with Crippen LogP contribution in [0.5, 0.6) is 0 Å². The Morgan fingerprint density at radius 1 is 1.12 bits per heavy atom. The molecule has 4 unspecified atom stereocenters. The molecule has 0 aromatic heterocycles. The van der Waals surface area contributed by atoms with Crippen molar-refractivity contribution in [1.29, 1.82) is 0 Å². The van der Waals surface area contributed by atoms with Gasteiger partial charge in [-0.05, 0) is 13.8 Å². The average molecular weight is 378 g/mol. The first-order valence-corrected chi connectivity index (χ1v) is 7.52. The molecular formula is C15H22O11. The molecule has 0 spiro atoms. The van der Waals surface area contributed by atoms with Crippen LogP contribution < -0.4 is 0 Å². The molecule has 2 saturated heterocycles. The molecule has 3 N–H and O–H groups in total. The van der Waals surface area contributed by atoms with Crippen LogP contribution in [0, 0.1) is 0 Å². The molecule has 0 aliphatic carbocycles. The van der Waals surface area contributed by atoms with Crippen molar-refractivity contribution in [2.75, 3.05) is 7.11 Å². The minimum atomic E-state index is -1.84. The minimum absolute atomic E-state index is 0.250. The summed E-state index contributed by atoms with van der Waals surface area (Å²) in [4.78, 5) is 44.4. The van der Waals surface area contributed by atoms with Crippen LogP contribution in [0.15, 0.2) is 0 Å². The summed E-state index contributed by atoms with van der Waals surface area (Å²) in [7, 11) is 1.18. The number of aliphatic hydroxyl groups excluding tert-OH is 2. The van der Waals surface area contributed by atoms with E-state index in [9.17, 15) is 20.1 Å². The van der Waals surface area contributed by atoms with Gasteiger partial charge in [0.25, 0.3) is 0 Å². The minimum Gasteiger partial charge on any atom is -0.467 e. The lowest BCUT2D eigenvalue weighted by Crippen LogP contribution is -2.69. The van der Waals surface area contributed by atoms with E-state index in [0.717, 1.165) is 0 Å². The highest BCUT2D eigenvalue weighted by Crippen LogP contribution is 2.53. The second-order valence-corrected chi connectivity index (χ2v) is 6.00. The fraction of sp³-hybridized carbons (Fsp3) is 0.800. The fourth-order valence-electron chi connectivity index (χ4n) is 3.08. The lowest BCUT2D eigenvalue weighted by atomic mass is 9.77. The van der Waals surface area contributed by atoms with Crippen LogP contribution in [0.3, 0.4) is 0 Å². The van der Waals surface area contributed by atoms with E-state index >= 15 is 0 Å². The summed E-state index contributed by atoms with van der Waals surface area (Å²) in [5.41, 5.74) is -3.37. The molecule has 26 heavy (non-hydrogen) atoms. The van der Waals surface area contributed by atoms with E-state index in [-0.39, 0.29) is 18.7 Å². The van der Waals surface area contributed by atoms with Crippen LogP contribution in [-0.2, 0) is 38.2 Å². The standard InChI is InChI=1S/C13H22O7.2CO2/c1-5-6-13-8(15)7(14)12(3,20-13)11(2,17)9(19-13)10(16)18-4;2*2-1-3/h7-9,14-15,17H,5-6H2,1-4H3;;/t7-,8-,9?,11?,12?,13?;;/m1../s1. The smallest absolute Gasteiger partial charge is 0.373 e. The quantitative estimate of drug-likeness (QED) is 0.470. The van der Waals surface area contributed by atoms with Gasteiger partial charge in [0.15, 0.2) is 11.9 Å². The Labute approximate surface area is 148 Å². The number of ether oxygens (including phenoxy) is 3. The molecule has 0 radical (unpaired) electrons. The van der Waals surface area contributed by atoms with Crippen LogP contribution in [0.4, 0.5) is 0 Å². The van der Waals surface area contributed by atoms with Gasteiger partial charge in [0, 0.05) is 6.42 Å². The summed E-state index contributed by atoms with van der Waals surface area (Å²) < 4.78 is 15.9. The number of carbonyl (C=O) groups is 1. The van der Waals surface area contributed by atoms with Gasteiger partial charge in [-0.15, -0.1) is 0 Å². The molecular weight excluding hydrogens is 356 g/mol. The van der Waals surface area contributed by atoms with Gasteiger partial charge in [-0.1, -0.05) is 13.3 Å². The van der Waals surface area contributed by atoms with Crippen molar-refractivity contribution in [3.63, 3.8) is 0 Å². The number of rotatable bonds is 3. The van der Waals surface area contributed by atoms with E-state index in [2.05, 4.69) is 4.74 Å². The van der Waals surface area contributed by atoms with Crippen LogP contribution in [-0.4, -0.2) is 76.0 Å². The molecule has 2 aliphatic heterocycles. The first kappa shape index (κ1) is 24.0. The second-order valence-electron chi connectivity index (χ2n) is 6.00. The Kier molecular flexibility index (Phi) is 8.42. The number of methoxy groups -OCH3 is 1. The zero-order valence-electron chi connectivity index (χ0n) is 14.8. The van der Waals surface area contributed by atoms with Crippen molar-refractivity contribution < 1.29 is 53.5 Å². The van der Waals surface area contributed by atoms with Crippen LogP contribution in [0.25, 0.3) is 0 Å². The molecule has 2 heterocycles. The SMILES string of the molecule is CCCC12OC(C(=O)OC)C(C)(O)C(C)(O1)[C@H](O)[C@H]2O.O=C=O.O=C=O. The predicted octanol–water partition coefficient (Wildman–Crippen LogP) is -1.85. The van der Waals surface area contributed by atoms with Crippen LogP contribution in [0.1, 0.15) is 33.6 Å². The number of carbonyl (C=O) groups excluding carboxylic acids is 5. The first-order chi connectivity index (χ1) is 12.0. The van der Waals surface area contributed by atoms with E-state index in [4.69, 9.17) is 28.7 Å². The lowest BCUT2D eigenvalue weighted by molar-refractivity contribution is -0.380. The van der Waals surface area contributed by atoms with E-state index in [1.165, 1.54) is 21.0 Å². The van der Waals surface area contributed by atoms with Gasteiger partial charge < -0.3 is 29.5 Å². The molecule has 6 atom stereocenters. The molecule has 2 bridgehead atoms. The molecule has 11 nitrogen and oxygen atoms in total. The summed E-state index contributed by atoms with van der Waals surface area (Å²) >= 11 is 0. The molecule has 11 heteroatoms. The van der Waals surface area contributed by atoms with Gasteiger partial charge in [-0.25, -0.2) is 4.79 Å². The molecule has 148 valence electrons. The third kappa shape index (κ3) is 3.89. The number of hydrogen-bond acceptors (Lipinski definition) is 11. The summed E-state index contributed by atoms with van der Waals surface area (Å²) in [5.74, 6) is -2.28. The first-order valence-electron chi connectivity index (χ1n) is 7.52. The van der Waals surface area contributed by atoms with Crippen molar-refractivity contribution in [3.05, 3.63) is 0 Å². The third-order valence-electron chi connectivity index (χ3n) is 4.55. The highest BCUT2D eigenvalue weighted by atomic mass is 16.8. The Morgan fingerprint density at radius 3 is 1.96 bits per heavy atom.